The summed E-state index contributed by atoms with van der Waals surface area (Å²) in [6.07, 6.45) is 3.07. The summed E-state index contributed by atoms with van der Waals surface area (Å²) in [5, 5.41) is 0. The maximum absolute atomic E-state index is 6.13. The minimum Gasteiger partial charge on any atom is -0.101 e. The number of alkyl halides is 2. The van der Waals surface area contributed by atoms with E-state index in [2.05, 4.69) is 20.4 Å². The predicted molar refractivity (Wildman–Crippen MR) is 55.8 cm³/mol. The van der Waals surface area contributed by atoms with E-state index in [0.29, 0.717) is 11.8 Å². The van der Waals surface area contributed by atoms with Crippen LogP contribution in [0.1, 0.15) is 33.1 Å². The van der Waals surface area contributed by atoms with Gasteiger partial charge in [0, 0.05) is 0 Å². The molecule has 1 saturated carbocycles. The van der Waals surface area contributed by atoms with Crippen molar-refractivity contribution in [1.29, 1.82) is 0 Å². The average Bonchev–Trinajstić information content (AvgIpc) is 1.94. The Labute approximate surface area is 84.9 Å². The molecule has 0 saturated heterocycles. The standard InChI is InChI=1S/C10H16Cl2/c1-7(2)9-4-5-10(11,12)8(3)6-9/h8-9H,1,4-6H2,2-3H3. The number of hydrogen-bond donors (Lipinski definition) is 0. The van der Waals surface area contributed by atoms with Crippen LogP contribution in [0, 0.1) is 11.8 Å². The van der Waals surface area contributed by atoms with E-state index >= 15 is 0 Å². The van der Waals surface area contributed by atoms with Crippen molar-refractivity contribution in [2.75, 3.05) is 0 Å². The van der Waals surface area contributed by atoms with Crippen molar-refractivity contribution < 1.29 is 0 Å². The molecule has 0 aliphatic heterocycles. The summed E-state index contributed by atoms with van der Waals surface area (Å²) < 4.78 is -0.494. The lowest BCUT2D eigenvalue weighted by Gasteiger charge is -2.36. The Bertz CT molecular complexity index is 184. The van der Waals surface area contributed by atoms with E-state index in [-0.39, 0.29) is 0 Å². The Kier molecular flexibility index (Phi) is 3.11. The van der Waals surface area contributed by atoms with Crippen molar-refractivity contribution in [3.8, 4) is 0 Å². The number of allylic oxidation sites excluding steroid dienone is 1. The fraction of sp³-hybridized carbons (Fsp3) is 0.800. The number of hydrogen-bond acceptors (Lipinski definition) is 0. The van der Waals surface area contributed by atoms with Crippen molar-refractivity contribution in [2.24, 2.45) is 11.8 Å². The monoisotopic (exact) mass is 206 g/mol. The normalized spacial score (nSPS) is 34.7. The lowest BCUT2D eigenvalue weighted by atomic mass is 9.79. The van der Waals surface area contributed by atoms with Crippen molar-refractivity contribution in [2.45, 2.75) is 37.4 Å². The number of rotatable bonds is 1. The molecule has 1 fully saturated rings. The Morgan fingerprint density at radius 2 is 2.08 bits per heavy atom. The molecule has 2 unspecified atom stereocenters. The Hall–Kier alpha value is 0.320. The molecule has 0 spiro atoms. The zero-order chi connectivity index (χ0) is 9.35. The molecule has 1 aliphatic carbocycles. The Balaban J connectivity index is 2.58. The molecule has 0 aromatic heterocycles. The van der Waals surface area contributed by atoms with Crippen LogP contribution in [0.3, 0.4) is 0 Å². The summed E-state index contributed by atoms with van der Waals surface area (Å²) in [6.45, 7) is 8.19. The predicted octanol–water partition coefficient (Wildman–Crippen LogP) is 4.17. The first-order valence-corrected chi connectivity index (χ1v) is 5.22. The fourth-order valence-electron chi connectivity index (χ4n) is 1.78. The zero-order valence-corrected chi connectivity index (χ0v) is 9.25. The summed E-state index contributed by atoms with van der Waals surface area (Å²) in [5.74, 6) is 1.02. The first kappa shape index (κ1) is 10.4. The highest BCUT2D eigenvalue weighted by Gasteiger charge is 2.37. The van der Waals surface area contributed by atoms with E-state index in [4.69, 9.17) is 23.2 Å². The van der Waals surface area contributed by atoms with Crippen LogP contribution in [0.4, 0.5) is 0 Å². The summed E-state index contributed by atoms with van der Waals surface area (Å²) in [5.41, 5.74) is 1.27. The molecule has 0 amide bonds. The molecular weight excluding hydrogens is 191 g/mol. The zero-order valence-electron chi connectivity index (χ0n) is 7.74. The summed E-state index contributed by atoms with van der Waals surface area (Å²) >= 11 is 12.3. The fourth-order valence-corrected chi connectivity index (χ4v) is 2.17. The third kappa shape index (κ3) is 2.17. The van der Waals surface area contributed by atoms with Gasteiger partial charge in [0.15, 0.2) is 0 Å². The van der Waals surface area contributed by atoms with Crippen molar-refractivity contribution >= 4 is 23.2 Å². The van der Waals surface area contributed by atoms with Crippen LogP contribution in [0.2, 0.25) is 0 Å². The van der Waals surface area contributed by atoms with Gasteiger partial charge in [-0.1, -0.05) is 19.1 Å². The summed E-state index contributed by atoms with van der Waals surface area (Å²) in [4.78, 5) is 0. The molecule has 1 aliphatic rings. The molecule has 0 heterocycles. The highest BCUT2D eigenvalue weighted by atomic mass is 35.5. The highest BCUT2D eigenvalue weighted by molar-refractivity contribution is 6.48. The van der Waals surface area contributed by atoms with Crippen molar-refractivity contribution in [3.05, 3.63) is 12.2 Å². The molecular formula is C10H16Cl2. The molecule has 0 bridgehead atoms. The van der Waals surface area contributed by atoms with Crippen LogP contribution in [0.25, 0.3) is 0 Å². The average molecular weight is 207 g/mol. The Morgan fingerprint density at radius 1 is 1.50 bits per heavy atom. The van der Waals surface area contributed by atoms with Gasteiger partial charge in [0.2, 0.25) is 0 Å². The van der Waals surface area contributed by atoms with Gasteiger partial charge in [-0.15, -0.1) is 23.2 Å². The van der Waals surface area contributed by atoms with E-state index in [0.717, 1.165) is 19.3 Å². The topological polar surface area (TPSA) is 0 Å². The minimum atomic E-state index is -0.494. The molecule has 0 N–H and O–H groups in total. The van der Waals surface area contributed by atoms with Gasteiger partial charge in [-0.05, 0) is 38.0 Å². The molecule has 2 heteroatoms. The lowest BCUT2D eigenvalue weighted by molar-refractivity contribution is 0.297. The molecule has 0 aromatic rings. The maximum Gasteiger partial charge on any atom is 0.120 e. The van der Waals surface area contributed by atoms with E-state index in [1.807, 2.05) is 0 Å². The van der Waals surface area contributed by atoms with Crippen molar-refractivity contribution in [3.63, 3.8) is 0 Å². The largest absolute Gasteiger partial charge is 0.120 e. The first-order valence-electron chi connectivity index (χ1n) is 4.46. The van der Waals surface area contributed by atoms with E-state index < -0.39 is 4.33 Å². The third-order valence-corrected chi connectivity index (χ3v) is 4.01. The second-order valence-corrected chi connectivity index (χ2v) is 5.52. The van der Waals surface area contributed by atoms with Crippen LogP contribution in [0.5, 0.6) is 0 Å². The van der Waals surface area contributed by atoms with Crippen LogP contribution >= 0.6 is 23.2 Å². The van der Waals surface area contributed by atoms with E-state index in [1.54, 1.807) is 0 Å². The molecule has 12 heavy (non-hydrogen) atoms. The van der Waals surface area contributed by atoms with Gasteiger partial charge < -0.3 is 0 Å². The molecule has 0 radical (unpaired) electrons. The maximum atomic E-state index is 6.13. The Morgan fingerprint density at radius 3 is 2.50 bits per heavy atom. The van der Waals surface area contributed by atoms with E-state index in [1.165, 1.54) is 5.57 Å². The van der Waals surface area contributed by atoms with Gasteiger partial charge >= 0.3 is 0 Å². The van der Waals surface area contributed by atoms with E-state index in [9.17, 15) is 0 Å². The van der Waals surface area contributed by atoms with Crippen LogP contribution in [0.15, 0.2) is 12.2 Å². The second kappa shape index (κ2) is 3.59. The SMILES string of the molecule is C=C(C)C1CCC(Cl)(Cl)C(C)C1. The quantitative estimate of drug-likeness (QED) is 0.447. The molecule has 70 valence electrons. The van der Waals surface area contributed by atoms with Crippen LogP contribution < -0.4 is 0 Å². The van der Waals surface area contributed by atoms with Crippen LogP contribution in [-0.4, -0.2) is 4.33 Å². The van der Waals surface area contributed by atoms with Gasteiger partial charge in [-0.25, -0.2) is 0 Å². The van der Waals surface area contributed by atoms with Crippen molar-refractivity contribution in [1.82, 2.24) is 0 Å². The summed E-state index contributed by atoms with van der Waals surface area (Å²) in [7, 11) is 0. The number of halogens is 2. The summed E-state index contributed by atoms with van der Waals surface area (Å²) in [6, 6.07) is 0. The van der Waals surface area contributed by atoms with Gasteiger partial charge in [0.25, 0.3) is 0 Å². The second-order valence-electron chi connectivity index (χ2n) is 3.98. The third-order valence-electron chi connectivity index (χ3n) is 2.88. The van der Waals surface area contributed by atoms with Gasteiger partial charge in [-0.3, -0.25) is 0 Å². The first-order chi connectivity index (χ1) is 5.43. The highest BCUT2D eigenvalue weighted by Crippen LogP contribution is 2.45. The van der Waals surface area contributed by atoms with Gasteiger partial charge in [0.05, 0.1) is 0 Å². The lowest BCUT2D eigenvalue weighted by Crippen LogP contribution is -2.31. The van der Waals surface area contributed by atoms with Gasteiger partial charge in [0.1, 0.15) is 4.33 Å². The molecule has 0 aromatic carbocycles. The molecule has 0 nitrogen and oxygen atoms in total. The molecule has 1 rings (SSSR count). The van der Waals surface area contributed by atoms with Gasteiger partial charge in [-0.2, -0.15) is 0 Å². The minimum absolute atomic E-state index is 0.385. The van der Waals surface area contributed by atoms with Crippen LogP contribution in [-0.2, 0) is 0 Å². The molecule has 2 atom stereocenters. The smallest absolute Gasteiger partial charge is 0.101 e.